The van der Waals surface area contributed by atoms with Crippen LogP contribution in [0.5, 0.6) is 0 Å². The van der Waals surface area contributed by atoms with Gasteiger partial charge in [-0.2, -0.15) is 14.7 Å². The summed E-state index contributed by atoms with van der Waals surface area (Å²) in [4.78, 5) is 0.769. The topological polar surface area (TPSA) is 60.9 Å². The zero-order valence-corrected chi connectivity index (χ0v) is 14.1. The fourth-order valence-corrected chi connectivity index (χ4v) is 3.52. The number of rotatable bonds is 3. The fourth-order valence-electron chi connectivity index (χ4n) is 2.40. The molecule has 116 valence electrons. The summed E-state index contributed by atoms with van der Waals surface area (Å²) >= 11 is 7.74. The third kappa shape index (κ3) is 2.42. The highest BCUT2D eigenvalue weighted by molar-refractivity contribution is 7.19. The number of fused-ring (bicyclic) bond motifs is 1. The molecule has 8 heteroatoms. The van der Waals surface area contributed by atoms with E-state index in [-0.39, 0.29) is 0 Å². The highest BCUT2D eigenvalue weighted by Gasteiger charge is 2.16. The molecule has 0 aliphatic carbocycles. The Balaban J connectivity index is 1.75. The van der Waals surface area contributed by atoms with Gasteiger partial charge in [0.2, 0.25) is 4.96 Å². The van der Waals surface area contributed by atoms with Crippen LogP contribution in [-0.2, 0) is 13.5 Å². The summed E-state index contributed by atoms with van der Waals surface area (Å²) in [5, 5.41) is 19.0. The van der Waals surface area contributed by atoms with Crippen LogP contribution in [0.25, 0.3) is 15.5 Å². The third-order valence-corrected chi connectivity index (χ3v) is 5.13. The van der Waals surface area contributed by atoms with Gasteiger partial charge in [-0.15, -0.1) is 10.2 Å². The molecule has 3 heterocycles. The van der Waals surface area contributed by atoms with Crippen molar-refractivity contribution < 1.29 is 0 Å². The maximum absolute atomic E-state index is 6.23. The highest BCUT2D eigenvalue weighted by Crippen LogP contribution is 2.28. The Morgan fingerprint density at radius 1 is 1.22 bits per heavy atom. The molecule has 0 saturated heterocycles. The van der Waals surface area contributed by atoms with Gasteiger partial charge in [-0.3, -0.25) is 4.68 Å². The second-order valence-electron chi connectivity index (χ2n) is 5.25. The lowest BCUT2D eigenvalue weighted by Crippen LogP contribution is -1.98. The van der Waals surface area contributed by atoms with Crippen LogP contribution < -0.4 is 0 Å². The van der Waals surface area contributed by atoms with Crippen molar-refractivity contribution in [1.82, 2.24) is 29.6 Å². The third-order valence-electron chi connectivity index (χ3n) is 3.83. The molecule has 4 aromatic rings. The molecule has 4 rings (SSSR count). The van der Waals surface area contributed by atoms with E-state index in [1.54, 1.807) is 4.52 Å². The monoisotopic (exact) mass is 344 g/mol. The average Bonchev–Trinajstić information content (AvgIpc) is 3.19. The molecule has 0 atom stereocenters. The van der Waals surface area contributed by atoms with E-state index in [9.17, 15) is 0 Å². The smallest absolute Gasteiger partial charge is 0.234 e. The summed E-state index contributed by atoms with van der Waals surface area (Å²) in [6.45, 7) is 2.02. The first-order chi connectivity index (χ1) is 11.1. The molecule has 0 radical (unpaired) electrons. The predicted octanol–water partition coefficient (Wildman–Crippen LogP) is 3.14. The normalized spacial score (nSPS) is 11.4. The Morgan fingerprint density at radius 2 is 2.04 bits per heavy atom. The van der Waals surface area contributed by atoms with E-state index in [0.717, 1.165) is 37.6 Å². The maximum Gasteiger partial charge on any atom is 0.234 e. The molecule has 0 fully saturated rings. The summed E-state index contributed by atoms with van der Waals surface area (Å²) in [5.74, 6) is 0.775. The van der Waals surface area contributed by atoms with Crippen molar-refractivity contribution in [1.29, 1.82) is 0 Å². The maximum atomic E-state index is 6.23. The van der Waals surface area contributed by atoms with Crippen LogP contribution in [0.2, 0.25) is 5.02 Å². The van der Waals surface area contributed by atoms with Crippen LogP contribution in [0.3, 0.4) is 0 Å². The van der Waals surface area contributed by atoms with Gasteiger partial charge < -0.3 is 0 Å². The number of nitrogens with zero attached hydrogens (tertiary/aromatic N) is 6. The quantitative estimate of drug-likeness (QED) is 0.573. The lowest BCUT2D eigenvalue weighted by molar-refractivity contribution is 0.740. The van der Waals surface area contributed by atoms with Gasteiger partial charge in [0.25, 0.3) is 0 Å². The van der Waals surface area contributed by atoms with Crippen LogP contribution in [-0.4, -0.2) is 29.6 Å². The molecule has 3 aromatic heterocycles. The number of hydrogen-bond donors (Lipinski definition) is 0. The van der Waals surface area contributed by atoms with Crippen molar-refractivity contribution in [3.05, 3.63) is 52.6 Å². The molecule has 0 bridgehead atoms. The zero-order valence-electron chi connectivity index (χ0n) is 12.6. The molecule has 0 amide bonds. The number of aromatic nitrogens is 6. The largest absolute Gasteiger partial charge is 0.272 e. The number of benzene rings is 1. The van der Waals surface area contributed by atoms with Crippen LogP contribution in [0.4, 0.5) is 0 Å². The lowest BCUT2D eigenvalue weighted by Gasteiger charge is -2.01. The van der Waals surface area contributed by atoms with Crippen LogP contribution >= 0.6 is 22.9 Å². The zero-order chi connectivity index (χ0) is 16.0. The predicted molar refractivity (Wildman–Crippen MR) is 89.9 cm³/mol. The number of aryl methyl sites for hydroxylation is 1. The van der Waals surface area contributed by atoms with Crippen molar-refractivity contribution in [2.75, 3.05) is 0 Å². The van der Waals surface area contributed by atoms with E-state index >= 15 is 0 Å². The van der Waals surface area contributed by atoms with Crippen LogP contribution in [0.1, 0.15) is 17.1 Å². The fraction of sp³-hybridized carbons (Fsp3) is 0.200. The van der Waals surface area contributed by atoms with Gasteiger partial charge >= 0.3 is 0 Å². The number of hydrogen-bond acceptors (Lipinski definition) is 5. The summed E-state index contributed by atoms with van der Waals surface area (Å²) < 4.78 is 3.62. The molecule has 23 heavy (non-hydrogen) atoms. The molecule has 0 unspecified atom stereocenters. The van der Waals surface area contributed by atoms with E-state index in [1.165, 1.54) is 11.3 Å². The lowest BCUT2D eigenvalue weighted by atomic mass is 10.1. The molecule has 0 N–H and O–H groups in total. The van der Waals surface area contributed by atoms with Crippen LogP contribution in [0.15, 0.2) is 30.5 Å². The van der Waals surface area contributed by atoms with Crippen molar-refractivity contribution >= 4 is 27.9 Å². The molecule has 6 nitrogen and oxygen atoms in total. The van der Waals surface area contributed by atoms with E-state index in [0.29, 0.717) is 6.42 Å². The Labute approximate surface area is 141 Å². The summed E-state index contributed by atoms with van der Waals surface area (Å²) in [6.07, 6.45) is 2.42. The molecule has 0 spiro atoms. The van der Waals surface area contributed by atoms with Crippen molar-refractivity contribution in [3.8, 4) is 10.6 Å². The van der Waals surface area contributed by atoms with E-state index in [1.807, 2.05) is 49.1 Å². The van der Waals surface area contributed by atoms with E-state index in [2.05, 4.69) is 20.4 Å². The Bertz CT molecular complexity index is 999. The van der Waals surface area contributed by atoms with E-state index < -0.39 is 0 Å². The first-order valence-electron chi connectivity index (χ1n) is 7.07. The van der Waals surface area contributed by atoms with Gasteiger partial charge in [0.1, 0.15) is 0 Å². The first-order valence-corrected chi connectivity index (χ1v) is 8.26. The second-order valence-corrected chi connectivity index (χ2v) is 6.62. The minimum absolute atomic E-state index is 0.593. The van der Waals surface area contributed by atoms with Gasteiger partial charge in [-0.1, -0.05) is 41.1 Å². The van der Waals surface area contributed by atoms with E-state index in [4.69, 9.17) is 11.6 Å². The minimum Gasteiger partial charge on any atom is -0.272 e. The summed E-state index contributed by atoms with van der Waals surface area (Å²) in [7, 11) is 1.92. The Morgan fingerprint density at radius 3 is 2.78 bits per heavy atom. The SMILES string of the molecule is Cc1c(-c2nn3c(Cc4ccccc4Cl)nnc3s2)cnn1C. The average molecular weight is 345 g/mol. The van der Waals surface area contributed by atoms with Gasteiger partial charge in [0.05, 0.1) is 11.8 Å². The van der Waals surface area contributed by atoms with Crippen molar-refractivity contribution in [2.24, 2.45) is 7.05 Å². The molecule has 0 saturated carbocycles. The Kier molecular flexibility index (Phi) is 3.39. The van der Waals surface area contributed by atoms with Crippen LogP contribution in [0, 0.1) is 6.92 Å². The summed E-state index contributed by atoms with van der Waals surface area (Å²) in [6, 6.07) is 7.74. The van der Waals surface area contributed by atoms with Gasteiger partial charge in [-0.25, -0.2) is 0 Å². The van der Waals surface area contributed by atoms with Gasteiger partial charge in [0.15, 0.2) is 10.8 Å². The molecule has 0 aliphatic heterocycles. The highest BCUT2D eigenvalue weighted by atomic mass is 35.5. The minimum atomic E-state index is 0.593. The molecular formula is C15H13ClN6S. The molecule has 1 aromatic carbocycles. The molecular weight excluding hydrogens is 332 g/mol. The second kappa shape index (κ2) is 5.43. The first kappa shape index (κ1) is 14.3. The number of halogens is 1. The standard InChI is InChI=1S/C15H13ClN6S/c1-9-11(8-17-21(9)2)14-20-22-13(18-19-15(22)23-14)7-10-5-3-4-6-12(10)16/h3-6,8H,7H2,1-2H3. The van der Waals surface area contributed by atoms with Crippen molar-refractivity contribution in [2.45, 2.75) is 13.3 Å². The van der Waals surface area contributed by atoms with Crippen molar-refractivity contribution in [3.63, 3.8) is 0 Å². The Hall–Kier alpha value is -2.25. The van der Waals surface area contributed by atoms with Gasteiger partial charge in [0, 0.05) is 24.2 Å². The summed E-state index contributed by atoms with van der Waals surface area (Å²) in [5.41, 5.74) is 3.10. The molecule has 0 aliphatic rings. The van der Waals surface area contributed by atoms with Gasteiger partial charge in [-0.05, 0) is 18.6 Å².